The van der Waals surface area contributed by atoms with E-state index in [0.29, 0.717) is 25.7 Å². The van der Waals surface area contributed by atoms with Crippen LogP contribution in [-0.4, -0.2) is 34.3 Å². The van der Waals surface area contributed by atoms with Gasteiger partial charge >= 0.3 is 12.1 Å². The van der Waals surface area contributed by atoms with E-state index in [9.17, 15) is 23.1 Å². The Balaban J connectivity index is 1.24. The average Bonchev–Trinajstić information content (AvgIpc) is 3.24. The number of carbonyl (C=O) groups is 1. The summed E-state index contributed by atoms with van der Waals surface area (Å²) in [5, 5.41) is 11.3. The standard InChI is InChI=1S/C35H47F5O2S/c1-31-18-15-26(41)23-25(31)22-24(12-8-5-3-4-6-11-21-43-27-13-9-7-10-14-27)30-28(31)16-19-32(2)29(30)17-20-33(32,42)34(36,37)35(38,39)40/h7,9-10,13-14,23-24,28-30,42H,3-6,8,11-12,15-22H2,1-2H3/t24-,28+,29+,30-,31+,32+,33+/m1/s1. The lowest BCUT2D eigenvalue weighted by Crippen LogP contribution is -2.66. The van der Waals surface area contributed by atoms with Crippen LogP contribution in [0.2, 0.25) is 0 Å². The van der Waals surface area contributed by atoms with Crippen LogP contribution < -0.4 is 0 Å². The Labute approximate surface area is 257 Å². The molecule has 0 radical (unpaired) electrons. The molecule has 7 atom stereocenters. The average molecular weight is 627 g/mol. The molecule has 1 N–H and O–H groups in total. The lowest BCUT2D eigenvalue weighted by atomic mass is 9.43. The highest BCUT2D eigenvalue weighted by atomic mass is 32.2. The van der Waals surface area contributed by atoms with E-state index < -0.39 is 35.5 Å². The zero-order valence-electron chi connectivity index (χ0n) is 25.5. The van der Waals surface area contributed by atoms with Gasteiger partial charge in [0.05, 0.1) is 0 Å². The second-order valence-electron chi connectivity index (χ2n) is 14.3. The SMILES string of the molecule is C[C@]12CCC(=O)C=C1C[C@@H](CCCCCCCCSc1ccccc1)[C@@H]1[C@@H]2CC[C@@]2(C)[C@H]1CC[C@@]2(O)C(F)(F)C(F)(F)F. The highest BCUT2D eigenvalue weighted by molar-refractivity contribution is 7.99. The van der Waals surface area contributed by atoms with Crippen molar-refractivity contribution in [2.75, 3.05) is 5.75 Å². The maximum Gasteiger partial charge on any atom is 0.456 e. The number of allylic oxidation sites excluding steroid dienone is 1. The molecule has 0 bridgehead atoms. The molecule has 0 aliphatic heterocycles. The van der Waals surface area contributed by atoms with Gasteiger partial charge in [0.1, 0.15) is 5.60 Å². The number of halogens is 5. The molecule has 43 heavy (non-hydrogen) atoms. The fraction of sp³-hybridized carbons (Fsp3) is 0.743. The van der Waals surface area contributed by atoms with Crippen molar-refractivity contribution in [1.82, 2.24) is 0 Å². The number of alkyl halides is 5. The summed E-state index contributed by atoms with van der Waals surface area (Å²) < 4.78 is 71.0. The van der Waals surface area contributed by atoms with Crippen molar-refractivity contribution in [3.63, 3.8) is 0 Å². The van der Waals surface area contributed by atoms with E-state index in [2.05, 4.69) is 31.2 Å². The number of aliphatic hydroxyl groups is 1. The zero-order chi connectivity index (χ0) is 31.1. The zero-order valence-corrected chi connectivity index (χ0v) is 26.4. The molecule has 8 heteroatoms. The Kier molecular flexibility index (Phi) is 9.52. The lowest BCUT2D eigenvalue weighted by molar-refractivity contribution is -0.364. The first-order chi connectivity index (χ1) is 20.2. The second-order valence-corrected chi connectivity index (χ2v) is 15.5. The normalized spacial score (nSPS) is 36.1. The van der Waals surface area contributed by atoms with Gasteiger partial charge in [0.2, 0.25) is 0 Å². The van der Waals surface area contributed by atoms with Crippen LogP contribution in [-0.2, 0) is 4.79 Å². The highest BCUT2D eigenvalue weighted by Gasteiger charge is 2.79. The summed E-state index contributed by atoms with van der Waals surface area (Å²) in [5.41, 5.74) is -3.69. The summed E-state index contributed by atoms with van der Waals surface area (Å²) >= 11 is 1.88. The molecule has 3 fully saturated rings. The third-order valence-corrected chi connectivity index (χ3v) is 13.2. The van der Waals surface area contributed by atoms with Gasteiger partial charge in [0.15, 0.2) is 5.78 Å². The van der Waals surface area contributed by atoms with Crippen LogP contribution in [0.3, 0.4) is 0 Å². The third-order valence-electron chi connectivity index (χ3n) is 12.1. The van der Waals surface area contributed by atoms with E-state index in [1.54, 1.807) is 0 Å². The largest absolute Gasteiger partial charge is 0.456 e. The second kappa shape index (κ2) is 12.4. The minimum atomic E-state index is -5.80. The number of benzene rings is 1. The summed E-state index contributed by atoms with van der Waals surface area (Å²) in [5.74, 6) is -4.09. The predicted octanol–water partition coefficient (Wildman–Crippen LogP) is 10.2. The van der Waals surface area contributed by atoms with E-state index in [4.69, 9.17) is 0 Å². The first kappa shape index (κ1) is 33.0. The molecule has 3 saturated carbocycles. The van der Waals surface area contributed by atoms with Crippen LogP contribution in [0.1, 0.15) is 104 Å². The maximum atomic E-state index is 15.0. The van der Waals surface area contributed by atoms with Crippen LogP contribution >= 0.6 is 11.8 Å². The van der Waals surface area contributed by atoms with Gasteiger partial charge in [-0.1, -0.05) is 69.7 Å². The van der Waals surface area contributed by atoms with Crippen molar-refractivity contribution in [1.29, 1.82) is 0 Å². The van der Waals surface area contributed by atoms with Gasteiger partial charge < -0.3 is 5.11 Å². The van der Waals surface area contributed by atoms with Crippen molar-refractivity contribution in [2.24, 2.45) is 34.5 Å². The Bertz CT molecular complexity index is 1170. The number of fused-ring (bicyclic) bond motifs is 5. The number of unbranched alkanes of at least 4 members (excludes halogenated alkanes) is 5. The van der Waals surface area contributed by atoms with E-state index in [0.717, 1.165) is 43.4 Å². The van der Waals surface area contributed by atoms with Gasteiger partial charge in [-0.05, 0) is 104 Å². The first-order valence-corrected chi connectivity index (χ1v) is 17.3. The quantitative estimate of drug-likeness (QED) is 0.151. The van der Waals surface area contributed by atoms with Gasteiger partial charge in [-0.15, -0.1) is 11.8 Å². The number of ketones is 1. The number of carbonyl (C=O) groups excluding carboxylic acids is 1. The minimum Gasteiger partial charge on any atom is -0.383 e. The van der Waals surface area contributed by atoms with Crippen LogP contribution in [0.15, 0.2) is 46.9 Å². The molecule has 0 aromatic heterocycles. The molecule has 0 spiro atoms. The molecule has 0 saturated heterocycles. The van der Waals surface area contributed by atoms with E-state index in [1.165, 1.54) is 24.7 Å². The summed E-state index contributed by atoms with van der Waals surface area (Å²) in [6.45, 7) is 3.69. The fourth-order valence-corrected chi connectivity index (χ4v) is 10.6. The van der Waals surface area contributed by atoms with Crippen molar-refractivity contribution in [2.45, 2.75) is 126 Å². The predicted molar refractivity (Wildman–Crippen MR) is 161 cm³/mol. The summed E-state index contributed by atoms with van der Waals surface area (Å²) in [6, 6.07) is 10.4. The Morgan fingerprint density at radius 3 is 2.23 bits per heavy atom. The molecule has 1 aromatic carbocycles. The Morgan fingerprint density at radius 1 is 0.884 bits per heavy atom. The van der Waals surface area contributed by atoms with Gasteiger partial charge in [-0.2, -0.15) is 22.0 Å². The molecule has 0 unspecified atom stereocenters. The highest BCUT2D eigenvalue weighted by Crippen LogP contribution is 2.72. The van der Waals surface area contributed by atoms with Crippen LogP contribution in [0.5, 0.6) is 0 Å². The monoisotopic (exact) mass is 626 g/mol. The Hall–Kier alpha value is -1.41. The molecular weight excluding hydrogens is 579 g/mol. The number of rotatable bonds is 11. The van der Waals surface area contributed by atoms with Gasteiger partial charge in [0.25, 0.3) is 0 Å². The molecule has 0 amide bonds. The number of thioether (sulfide) groups is 1. The van der Waals surface area contributed by atoms with E-state index >= 15 is 8.78 Å². The fourth-order valence-electron chi connectivity index (χ4n) is 9.69. The summed E-state index contributed by atoms with van der Waals surface area (Å²) in [4.78, 5) is 13.7. The maximum absolute atomic E-state index is 15.0. The molecule has 4 aliphatic rings. The van der Waals surface area contributed by atoms with Crippen LogP contribution in [0, 0.1) is 34.5 Å². The lowest BCUT2D eigenvalue weighted by Gasteiger charge is -2.62. The first-order valence-electron chi connectivity index (χ1n) is 16.3. The van der Waals surface area contributed by atoms with E-state index in [1.807, 2.05) is 23.9 Å². The van der Waals surface area contributed by atoms with E-state index in [-0.39, 0.29) is 41.8 Å². The van der Waals surface area contributed by atoms with Crippen molar-refractivity contribution in [3.05, 3.63) is 42.0 Å². The minimum absolute atomic E-state index is 0.0258. The summed E-state index contributed by atoms with van der Waals surface area (Å²) in [6.07, 6.45) is 5.74. The topological polar surface area (TPSA) is 37.3 Å². The Morgan fingerprint density at radius 2 is 1.53 bits per heavy atom. The van der Waals surface area contributed by atoms with Gasteiger partial charge in [-0.3, -0.25) is 4.79 Å². The molecule has 2 nitrogen and oxygen atoms in total. The number of hydrogen-bond donors (Lipinski definition) is 1. The number of hydrogen-bond acceptors (Lipinski definition) is 3. The molecular formula is C35H47F5O2S. The van der Waals surface area contributed by atoms with Crippen LogP contribution in [0.4, 0.5) is 22.0 Å². The van der Waals surface area contributed by atoms with Crippen molar-refractivity contribution in [3.8, 4) is 0 Å². The molecule has 4 aliphatic carbocycles. The molecule has 240 valence electrons. The van der Waals surface area contributed by atoms with Gasteiger partial charge in [-0.25, -0.2) is 0 Å². The smallest absolute Gasteiger partial charge is 0.383 e. The molecule has 5 rings (SSSR count). The van der Waals surface area contributed by atoms with Gasteiger partial charge in [0, 0.05) is 16.7 Å². The summed E-state index contributed by atoms with van der Waals surface area (Å²) in [7, 11) is 0. The molecule has 0 heterocycles. The van der Waals surface area contributed by atoms with Crippen molar-refractivity contribution >= 4 is 17.5 Å². The van der Waals surface area contributed by atoms with Crippen LogP contribution in [0.25, 0.3) is 0 Å². The molecule has 1 aromatic rings. The third kappa shape index (κ3) is 5.86. The van der Waals surface area contributed by atoms with Crippen molar-refractivity contribution < 1.29 is 31.9 Å².